The van der Waals surface area contributed by atoms with Gasteiger partial charge < -0.3 is 10.1 Å². The maximum absolute atomic E-state index is 5.17. The lowest BCUT2D eigenvalue weighted by Gasteiger charge is -2.14. The number of methoxy groups -OCH3 is 1. The molecule has 0 unspecified atom stereocenters. The molecule has 0 saturated carbocycles. The van der Waals surface area contributed by atoms with Crippen LogP contribution >= 0.6 is 11.3 Å². The summed E-state index contributed by atoms with van der Waals surface area (Å²) in [5.41, 5.74) is 4.35. The van der Waals surface area contributed by atoms with Crippen LogP contribution < -0.4 is 10.1 Å². The summed E-state index contributed by atoms with van der Waals surface area (Å²) in [7, 11) is 1.69. The number of nitrogens with one attached hydrogen (secondary N) is 1. The Bertz CT molecular complexity index is 507. The van der Waals surface area contributed by atoms with E-state index >= 15 is 0 Å². The lowest BCUT2D eigenvalue weighted by Crippen LogP contribution is -2.21. The van der Waals surface area contributed by atoms with Gasteiger partial charge in [-0.2, -0.15) is 0 Å². The van der Waals surface area contributed by atoms with Crippen molar-refractivity contribution in [1.82, 2.24) is 10.3 Å². The highest BCUT2D eigenvalue weighted by atomic mass is 32.1. The van der Waals surface area contributed by atoms with E-state index in [9.17, 15) is 0 Å². The van der Waals surface area contributed by atoms with E-state index in [-0.39, 0.29) is 0 Å². The van der Waals surface area contributed by atoms with Crippen LogP contribution in [0.25, 0.3) is 0 Å². The first-order chi connectivity index (χ1) is 9.20. The first-order valence-electron chi connectivity index (χ1n) is 6.47. The molecule has 0 spiro atoms. The van der Waals surface area contributed by atoms with E-state index in [1.165, 1.54) is 10.4 Å². The number of thiazole rings is 1. The molecule has 4 heteroatoms. The molecular weight excluding hydrogens is 256 g/mol. The van der Waals surface area contributed by atoms with Crippen molar-refractivity contribution in [3.8, 4) is 5.75 Å². The van der Waals surface area contributed by atoms with E-state index in [0.29, 0.717) is 6.04 Å². The Kier molecular flexibility index (Phi) is 4.93. The number of rotatable bonds is 6. The minimum Gasteiger partial charge on any atom is -0.497 e. The number of hydrogen-bond acceptors (Lipinski definition) is 4. The van der Waals surface area contributed by atoms with Gasteiger partial charge in [-0.05, 0) is 38.0 Å². The summed E-state index contributed by atoms with van der Waals surface area (Å²) in [5.74, 6) is 0.899. The molecule has 1 N–H and O–H groups in total. The van der Waals surface area contributed by atoms with E-state index in [4.69, 9.17) is 4.74 Å². The number of aromatic nitrogens is 1. The van der Waals surface area contributed by atoms with E-state index in [1.54, 1.807) is 18.4 Å². The van der Waals surface area contributed by atoms with E-state index in [0.717, 1.165) is 24.4 Å². The molecule has 1 aromatic carbocycles. The Hall–Kier alpha value is -1.39. The van der Waals surface area contributed by atoms with Crippen molar-refractivity contribution in [1.29, 1.82) is 0 Å². The van der Waals surface area contributed by atoms with Crippen LogP contribution in [0.2, 0.25) is 0 Å². The summed E-state index contributed by atoms with van der Waals surface area (Å²) in [6.07, 6.45) is 1.04. The van der Waals surface area contributed by atoms with Gasteiger partial charge in [0.05, 0.1) is 18.3 Å². The monoisotopic (exact) mass is 276 g/mol. The third-order valence-corrected chi connectivity index (χ3v) is 4.26. The quantitative estimate of drug-likeness (QED) is 0.878. The Morgan fingerprint density at radius 1 is 1.32 bits per heavy atom. The molecule has 19 heavy (non-hydrogen) atoms. The van der Waals surface area contributed by atoms with Crippen molar-refractivity contribution >= 4 is 11.3 Å². The van der Waals surface area contributed by atoms with Crippen molar-refractivity contribution in [3.05, 3.63) is 45.9 Å². The molecule has 0 aliphatic carbocycles. The van der Waals surface area contributed by atoms with E-state index in [2.05, 4.69) is 36.3 Å². The summed E-state index contributed by atoms with van der Waals surface area (Å²) in [6.45, 7) is 5.22. The summed E-state index contributed by atoms with van der Waals surface area (Å²) in [5, 5.41) is 3.54. The number of ether oxygens (including phenoxy) is 1. The fourth-order valence-electron chi connectivity index (χ4n) is 1.98. The molecule has 0 fully saturated rings. The summed E-state index contributed by atoms with van der Waals surface area (Å²) >= 11 is 1.73. The van der Waals surface area contributed by atoms with Crippen molar-refractivity contribution < 1.29 is 4.74 Å². The van der Waals surface area contributed by atoms with Gasteiger partial charge in [-0.25, -0.2) is 4.98 Å². The lowest BCUT2D eigenvalue weighted by molar-refractivity contribution is 0.414. The predicted molar refractivity (Wildman–Crippen MR) is 80.0 cm³/mol. The molecule has 0 amide bonds. The van der Waals surface area contributed by atoms with Crippen LogP contribution in [0.1, 0.15) is 29.1 Å². The Balaban J connectivity index is 1.83. The van der Waals surface area contributed by atoms with Crippen LogP contribution in [0.3, 0.4) is 0 Å². The zero-order chi connectivity index (χ0) is 13.7. The molecule has 0 aliphatic rings. The van der Waals surface area contributed by atoms with Crippen LogP contribution in [0.5, 0.6) is 5.75 Å². The Labute approximate surface area is 118 Å². The molecule has 2 aromatic rings. The third kappa shape index (κ3) is 3.78. The first-order valence-corrected chi connectivity index (χ1v) is 7.35. The molecule has 2 rings (SSSR count). The summed E-state index contributed by atoms with van der Waals surface area (Å²) in [4.78, 5) is 5.64. The number of aryl methyl sites for hydroxylation is 1. The molecule has 3 nitrogen and oxygen atoms in total. The van der Waals surface area contributed by atoms with Gasteiger partial charge in [0.25, 0.3) is 0 Å². The average molecular weight is 276 g/mol. The highest BCUT2D eigenvalue weighted by Gasteiger charge is 2.06. The van der Waals surface area contributed by atoms with Gasteiger partial charge in [-0.15, -0.1) is 11.3 Å². The van der Waals surface area contributed by atoms with Gasteiger partial charge in [0, 0.05) is 17.5 Å². The van der Waals surface area contributed by atoms with Gasteiger partial charge in [0.1, 0.15) is 5.75 Å². The zero-order valence-corrected chi connectivity index (χ0v) is 12.5. The highest BCUT2D eigenvalue weighted by molar-refractivity contribution is 7.09. The Morgan fingerprint density at radius 3 is 2.63 bits per heavy atom. The molecule has 1 heterocycles. The second kappa shape index (κ2) is 6.68. The fraction of sp³-hybridized carbons (Fsp3) is 0.400. The van der Waals surface area contributed by atoms with Crippen molar-refractivity contribution in [2.24, 2.45) is 0 Å². The molecule has 1 aromatic heterocycles. The Morgan fingerprint density at radius 2 is 2.05 bits per heavy atom. The fourth-order valence-corrected chi connectivity index (χ4v) is 2.76. The summed E-state index contributed by atoms with van der Waals surface area (Å²) < 4.78 is 5.17. The van der Waals surface area contributed by atoms with Gasteiger partial charge >= 0.3 is 0 Å². The van der Waals surface area contributed by atoms with Crippen molar-refractivity contribution in [2.45, 2.75) is 26.3 Å². The van der Waals surface area contributed by atoms with E-state index in [1.807, 2.05) is 17.6 Å². The molecule has 0 aliphatic heterocycles. The molecule has 102 valence electrons. The van der Waals surface area contributed by atoms with Gasteiger partial charge in [0.2, 0.25) is 0 Å². The SMILES string of the molecule is COc1ccc([C@@H](C)NCCc2scnc2C)cc1. The normalized spacial score (nSPS) is 12.4. The number of hydrogen-bond donors (Lipinski definition) is 1. The molecular formula is C15H20N2OS. The number of benzene rings is 1. The maximum atomic E-state index is 5.17. The molecule has 0 radical (unpaired) electrons. The minimum atomic E-state index is 0.346. The van der Waals surface area contributed by atoms with Crippen LogP contribution in [0.4, 0.5) is 0 Å². The van der Waals surface area contributed by atoms with E-state index < -0.39 is 0 Å². The topological polar surface area (TPSA) is 34.1 Å². The third-order valence-electron chi connectivity index (χ3n) is 3.26. The molecule has 0 bridgehead atoms. The van der Waals surface area contributed by atoms with Crippen LogP contribution in [-0.2, 0) is 6.42 Å². The first kappa shape index (κ1) is 14.0. The van der Waals surface area contributed by atoms with Gasteiger partial charge in [0.15, 0.2) is 0 Å². The second-order valence-electron chi connectivity index (χ2n) is 4.56. The largest absolute Gasteiger partial charge is 0.497 e. The maximum Gasteiger partial charge on any atom is 0.118 e. The highest BCUT2D eigenvalue weighted by Crippen LogP contribution is 2.17. The van der Waals surface area contributed by atoms with Crippen molar-refractivity contribution in [2.75, 3.05) is 13.7 Å². The predicted octanol–water partition coefficient (Wildman–Crippen LogP) is 3.35. The summed E-state index contributed by atoms with van der Waals surface area (Å²) in [6, 6.07) is 8.56. The smallest absolute Gasteiger partial charge is 0.118 e. The number of nitrogens with zero attached hydrogens (tertiary/aromatic N) is 1. The zero-order valence-electron chi connectivity index (χ0n) is 11.6. The van der Waals surface area contributed by atoms with Crippen molar-refractivity contribution in [3.63, 3.8) is 0 Å². The minimum absolute atomic E-state index is 0.346. The lowest BCUT2D eigenvalue weighted by atomic mass is 10.1. The second-order valence-corrected chi connectivity index (χ2v) is 5.50. The molecule has 0 saturated heterocycles. The van der Waals surface area contributed by atoms with Gasteiger partial charge in [-0.1, -0.05) is 12.1 Å². The molecule has 1 atom stereocenters. The van der Waals surface area contributed by atoms with Gasteiger partial charge in [-0.3, -0.25) is 0 Å². The van der Waals surface area contributed by atoms with Crippen LogP contribution in [-0.4, -0.2) is 18.6 Å². The van der Waals surface area contributed by atoms with Crippen LogP contribution in [0.15, 0.2) is 29.8 Å². The van der Waals surface area contributed by atoms with Crippen LogP contribution in [0, 0.1) is 6.92 Å². The average Bonchev–Trinajstić information content (AvgIpc) is 2.84. The standard InChI is InChI=1S/C15H20N2OS/c1-11(13-4-6-14(18-3)7-5-13)16-9-8-15-12(2)17-10-19-15/h4-7,10-11,16H,8-9H2,1-3H3/t11-/m1/s1.